The van der Waals surface area contributed by atoms with E-state index in [1.807, 2.05) is 6.20 Å². The number of fused-ring (bicyclic) bond motifs is 1. The van der Waals surface area contributed by atoms with E-state index in [-0.39, 0.29) is 0 Å². The van der Waals surface area contributed by atoms with E-state index in [9.17, 15) is 0 Å². The van der Waals surface area contributed by atoms with E-state index < -0.39 is 0 Å². The largest absolute Gasteiger partial charge is 0.456 e. The summed E-state index contributed by atoms with van der Waals surface area (Å²) in [6.45, 7) is 3.88. The lowest BCUT2D eigenvalue weighted by atomic mass is 9.92. The Labute approximate surface area is 126 Å². The number of hydrogen-bond acceptors (Lipinski definition) is 3. The fourth-order valence-corrected chi connectivity index (χ4v) is 2.79. The molecule has 1 aromatic carbocycles. The molecule has 1 aromatic heterocycles. The van der Waals surface area contributed by atoms with Gasteiger partial charge in [-0.3, -0.25) is 4.98 Å². The fraction of sp³-hybridized carbons (Fsp3) is 0.389. The number of aryl methyl sites for hydroxylation is 2. The Kier molecular flexibility index (Phi) is 4.51. The number of rotatable bonds is 5. The van der Waals surface area contributed by atoms with E-state index in [2.05, 4.69) is 41.5 Å². The van der Waals surface area contributed by atoms with Crippen LogP contribution in [-0.4, -0.2) is 11.5 Å². The monoisotopic (exact) mass is 282 g/mol. The molecule has 2 aromatic rings. The van der Waals surface area contributed by atoms with Crippen LogP contribution in [0, 0.1) is 0 Å². The summed E-state index contributed by atoms with van der Waals surface area (Å²) in [5.41, 5.74) is 4.07. The Bertz CT molecular complexity index is 610. The maximum absolute atomic E-state index is 5.97. The number of nitrogens with zero attached hydrogens (tertiary/aromatic N) is 1. The number of hydrogen-bond donors (Lipinski definition) is 1. The van der Waals surface area contributed by atoms with E-state index in [0.717, 1.165) is 30.2 Å². The van der Waals surface area contributed by atoms with Gasteiger partial charge >= 0.3 is 0 Å². The molecule has 21 heavy (non-hydrogen) atoms. The van der Waals surface area contributed by atoms with Crippen LogP contribution in [0.25, 0.3) is 0 Å². The first-order chi connectivity index (χ1) is 10.3. The van der Waals surface area contributed by atoms with Gasteiger partial charge < -0.3 is 10.1 Å². The van der Waals surface area contributed by atoms with Gasteiger partial charge in [0.25, 0.3) is 0 Å². The summed E-state index contributed by atoms with van der Waals surface area (Å²) in [5.74, 6) is 1.72. The van der Waals surface area contributed by atoms with E-state index in [1.165, 1.54) is 36.8 Å². The Hall–Kier alpha value is -1.87. The second-order valence-corrected chi connectivity index (χ2v) is 5.55. The van der Waals surface area contributed by atoms with Gasteiger partial charge in [-0.1, -0.05) is 13.0 Å². The van der Waals surface area contributed by atoms with Crippen molar-refractivity contribution in [1.82, 2.24) is 10.3 Å². The highest BCUT2D eigenvalue weighted by atomic mass is 16.5. The first-order valence-corrected chi connectivity index (χ1v) is 7.79. The molecular weight excluding hydrogens is 260 g/mol. The maximum atomic E-state index is 5.97. The summed E-state index contributed by atoms with van der Waals surface area (Å²) < 4.78 is 5.97. The highest BCUT2D eigenvalue weighted by molar-refractivity contribution is 5.39. The van der Waals surface area contributed by atoms with Crippen molar-refractivity contribution in [3.63, 3.8) is 0 Å². The lowest BCUT2D eigenvalue weighted by molar-refractivity contribution is 0.477. The summed E-state index contributed by atoms with van der Waals surface area (Å²) in [4.78, 5) is 4.26. The molecule has 0 radical (unpaired) electrons. The maximum Gasteiger partial charge on any atom is 0.146 e. The van der Waals surface area contributed by atoms with Crippen LogP contribution in [0.1, 0.15) is 36.5 Å². The van der Waals surface area contributed by atoms with E-state index in [1.54, 1.807) is 6.20 Å². The van der Waals surface area contributed by atoms with Crippen LogP contribution in [0.3, 0.4) is 0 Å². The Morgan fingerprint density at radius 3 is 2.76 bits per heavy atom. The van der Waals surface area contributed by atoms with Crippen molar-refractivity contribution >= 4 is 0 Å². The van der Waals surface area contributed by atoms with Crippen LogP contribution >= 0.6 is 0 Å². The molecule has 0 aliphatic heterocycles. The molecule has 110 valence electrons. The molecule has 1 aliphatic rings. The second-order valence-electron chi connectivity index (χ2n) is 5.55. The van der Waals surface area contributed by atoms with Gasteiger partial charge in [-0.05, 0) is 67.1 Å². The van der Waals surface area contributed by atoms with Gasteiger partial charge in [0.05, 0.1) is 6.20 Å². The summed E-state index contributed by atoms with van der Waals surface area (Å²) in [6.07, 6.45) is 8.62. The Balaban J connectivity index is 1.74. The molecule has 3 nitrogen and oxygen atoms in total. The number of ether oxygens (including phenoxy) is 1. The van der Waals surface area contributed by atoms with E-state index in [4.69, 9.17) is 4.74 Å². The van der Waals surface area contributed by atoms with Gasteiger partial charge in [-0.25, -0.2) is 0 Å². The van der Waals surface area contributed by atoms with Crippen LogP contribution in [0.2, 0.25) is 0 Å². The first kappa shape index (κ1) is 14.1. The van der Waals surface area contributed by atoms with Gasteiger partial charge in [-0.15, -0.1) is 0 Å². The van der Waals surface area contributed by atoms with Gasteiger partial charge in [-0.2, -0.15) is 0 Å². The molecule has 0 saturated carbocycles. The molecule has 0 amide bonds. The number of nitrogens with one attached hydrogen (secondary N) is 1. The fourth-order valence-electron chi connectivity index (χ4n) is 2.79. The normalized spacial score (nSPS) is 13.8. The summed E-state index contributed by atoms with van der Waals surface area (Å²) in [6, 6.07) is 8.52. The molecule has 0 bridgehead atoms. The van der Waals surface area contributed by atoms with Crippen molar-refractivity contribution in [2.75, 3.05) is 6.54 Å². The molecule has 0 saturated heterocycles. The van der Waals surface area contributed by atoms with Crippen molar-refractivity contribution in [3.05, 3.63) is 53.3 Å². The average molecular weight is 282 g/mol. The smallest absolute Gasteiger partial charge is 0.146 e. The lowest BCUT2D eigenvalue weighted by Gasteiger charge is -2.16. The van der Waals surface area contributed by atoms with Gasteiger partial charge in [0.1, 0.15) is 11.5 Å². The van der Waals surface area contributed by atoms with E-state index in [0.29, 0.717) is 0 Å². The zero-order chi connectivity index (χ0) is 14.5. The zero-order valence-electron chi connectivity index (χ0n) is 12.6. The van der Waals surface area contributed by atoms with E-state index >= 15 is 0 Å². The summed E-state index contributed by atoms with van der Waals surface area (Å²) in [7, 11) is 0. The van der Waals surface area contributed by atoms with Gasteiger partial charge in [0.2, 0.25) is 0 Å². The third kappa shape index (κ3) is 3.61. The van der Waals surface area contributed by atoms with Crippen molar-refractivity contribution in [1.29, 1.82) is 0 Å². The third-order valence-corrected chi connectivity index (χ3v) is 3.90. The minimum Gasteiger partial charge on any atom is -0.456 e. The zero-order valence-corrected chi connectivity index (χ0v) is 12.6. The average Bonchev–Trinajstić information content (AvgIpc) is 2.53. The molecule has 1 aliphatic carbocycles. The lowest BCUT2D eigenvalue weighted by Crippen LogP contribution is -2.11. The van der Waals surface area contributed by atoms with Crippen molar-refractivity contribution < 1.29 is 4.74 Å². The van der Waals surface area contributed by atoms with Crippen molar-refractivity contribution in [3.8, 4) is 11.5 Å². The second kappa shape index (κ2) is 6.72. The predicted octanol–water partition coefficient (Wildman–Crippen LogP) is 3.86. The molecule has 0 fully saturated rings. The SMILES string of the molecule is CCNCc1cncc(Oc2ccc3c(c2)CCCC3)c1. The molecule has 3 heteroatoms. The molecule has 0 spiro atoms. The van der Waals surface area contributed by atoms with Gasteiger partial charge in [0, 0.05) is 12.7 Å². The molecule has 1 heterocycles. The van der Waals surface area contributed by atoms with Crippen LogP contribution in [0.4, 0.5) is 0 Å². The van der Waals surface area contributed by atoms with Crippen LogP contribution in [-0.2, 0) is 19.4 Å². The van der Waals surface area contributed by atoms with Gasteiger partial charge in [0.15, 0.2) is 0 Å². The number of aromatic nitrogens is 1. The highest BCUT2D eigenvalue weighted by Gasteiger charge is 2.10. The molecular formula is C18H22N2O. The quantitative estimate of drug-likeness (QED) is 0.904. The van der Waals surface area contributed by atoms with Crippen LogP contribution in [0.15, 0.2) is 36.7 Å². The number of benzene rings is 1. The highest BCUT2D eigenvalue weighted by Crippen LogP contribution is 2.28. The molecule has 0 atom stereocenters. The number of pyridine rings is 1. The molecule has 0 unspecified atom stereocenters. The third-order valence-electron chi connectivity index (χ3n) is 3.90. The predicted molar refractivity (Wildman–Crippen MR) is 84.8 cm³/mol. The van der Waals surface area contributed by atoms with Crippen LogP contribution in [0.5, 0.6) is 11.5 Å². The molecule has 3 rings (SSSR count). The van der Waals surface area contributed by atoms with Crippen molar-refractivity contribution in [2.24, 2.45) is 0 Å². The summed E-state index contributed by atoms with van der Waals surface area (Å²) >= 11 is 0. The first-order valence-electron chi connectivity index (χ1n) is 7.79. The van der Waals surface area contributed by atoms with Crippen molar-refractivity contribution in [2.45, 2.75) is 39.2 Å². The minimum atomic E-state index is 0.807. The topological polar surface area (TPSA) is 34.2 Å². The Morgan fingerprint density at radius 2 is 1.90 bits per heavy atom. The molecule has 1 N–H and O–H groups in total. The standard InChI is InChI=1S/C18H22N2O/c1-2-19-11-14-9-18(13-20-12-14)21-17-8-7-15-5-3-4-6-16(15)10-17/h7-10,12-13,19H,2-6,11H2,1H3. The summed E-state index contributed by atoms with van der Waals surface area (Å²) in [5, 5.41) is 3.30. The van der Waals surface area contributed by atoms with Crippen LogP contribution < -0.4 is 10.1 Å². The minimum absolute atomic E-state index is 0.807. The Morgan fingerprint density at radius 1 is 1.05 bits per heavy atom.